The topological polar surface area (TPSA) is 69.1 Å². The van der Waals surface area contributed by atoms with Gasteiger partial charge in [-0.25, -0.2) is 4.39 Å². The number of rotatable bonds is 9. The van der Waals surface area contributed by atoms with E-state index in [2.05, 4.69) is 11.1 Å². The van der Waals surface area contributed by atoms with E-state index in [0.29, 0.717) is 38.1 Å². The first-order valence-corrected chi connectivity index (χ1v) is 11.2. The predicted molar refractivity (Wildman–Crippen MR) is 130 cm³/mol. The minimum absolute atomic E-state index is 0.0248. The van der Waals surface area contributed by atoms with Gasteiger partial charge in [-0.1, -0.05) is 30.3 Å². The summed E-state index contributed by atoms with van der Waals surface area (Å²) in [5, 5.41) is 10.1. The Balaban J connectivity index is 1.56. The molecule has 0 atom stereocenters. The van der Waals surface area contributed by atoms with Crippen molar-refractivity contribution in [2.75, 3.05) is 20.3 Å². The van der Waals surface area contributed by atoms with E-state index < -0.39 is 0 Å². The minimum Gasteiger partial charge on any atom is -0.383 e. The van der Waals surface area contributed by atoms with Gasteiger partial charge in [0.15, 0.2) is 0 Å². The number of hydrogen-bond donors (Lipinski definition) is 1. The molecule has 5 nitrogen and oxygen atoms in total. The van der Waals surface area contributed by atoms with Crippen LogP contribution in [0, 0.1) is 17.1 Å². The van der Waals surface area contributed by atoms with Gasteiger partial charge in [0.2, 0.25) is 5.91 Å². The van der Waals surface area contributed by atoms with Gasteiger partial charge < -0.3 is 14.6 Å². The van der Waals surface area contributed by atoms with E-state index in [-0.39, 0.29) is 11.7 Å². The zero-order valence-corrected chi connectivity index (χ0v) is 19.1. The maximum atomic E-state index is 13.5. The predicted octanol–water partition coefficient (Wildman–Crippen LogP) is 5.45. The van der Waals surface area contributed by atoms with E-state index in [0.717, 1.165) is 33.3 Å². The Labute approximate surface area is 198 Å². The number of aromatic amines is 1. The Kier molecular flexibility index (Phi) is 7.36. The van der Waals surface area contributed by atoms with E-state index in [4.69, 9.17) is 10.00 Å². The molecule has 0 unspecified atom stereocenters. The molecule has 0 aliphatic heterocycles. The fourth-order valence-corrected chi connectivity index (χ4v) is 4.11. The third-order valence-electron chi connectivity index (χ3n) is 5.91. The van der Waals surface area contributed by atoms with Crippen LogP contribution in [0.25, 0.3) is 22.2 Å². The van der Waals surface area contributed by atoms with E-state index in [1.54, 1.807) is 36.3 Å². The zero-order valence-electron chi connectivity index (χ0n) is 19.1. The number of aromatic nitrogens is 1. The zero-order chi connectivity index (χ0) is 23.9. The molecule has 0 bridgehead atoms. The normalized spacial score (nSPS) is 10.9. The quantitative estimate of drug-likeness (QED) is 0.365. The van der Waals surface area contributed by atoms with Gasteiger partial charge in [0.1, 0.15) is 5.82 Å². The first-order chi connectivity index (χ1) is 16.6. The van der Waals surface area contributed by atoms with Crippen LogP contribution in [0.4, 0.5) is 4.39 Å². The van der Waals surface area contributed by atoms with Gasteiger partial charge in [0.25, 0.3) is 0 Å². The molecule has 0 aliphatic carbocycles. The van der Waals surface area contributed by atoms with Crippen LogP contribution in [0.2, 0.25) is 0 Å². The third kappa shape index (κ3) is 5.33. The molecule has 1 aromatic heterocycles. The summed E-state index contributed by atoms with van der Waals surface area (Å²) in [6, 6.07) is 23.8. The fourth-order valence-electron chi connectivity index (χ4n) is 4.11. The number of hydrogen-bond acceptors (Lipinski definition) is 3. The second-order valence-electron chi connectivity index (χ2n) is 8.15. The smallest absolute Gasteiger partial charge is 0.223 e. The number of para-hydroxylation sites is 1. The molecule has 172 valence electrons. The molecule has 6 heteroatoms. The second-order valence-corrected chi connectivity index (χ2v) is 8.15. The lowest BCUT2D eigenvalue weighted by molar-refractivity contribution is -0.132. The number of fused-ring (bicyclic) bond motifs is 1. The lowest BCUT2D eigenvalue weighted by Crippen LogP contribution is -2.33. The number of H-pyrrole nitrogens is 1. The lowest BCUT2D eigenvalue weighted by atomic mass is 10.0. The molecule has 4 aromatic rings. The Bertz CT molecular complexity index is 1300. The maximum absolute atomic E-state index is 13.5. The van der Waals surface area contributed by atoms with Gasteiger partial charge in [-0.15, -0.1) is 0 Å². The Morgan fingerprint density at radius 1 is 1.06 bits per heavy atom. The molecule has 0 fully saturated rings. The van der Waals surface area contributed by atoms with Gasteiger partial charge in [-0.05, 0) is 65.6 Å². The number of methoxy groups -OCH3 is 1. The number of benzene rings is 3. The summed E-state index contributed by atoms with van der Waals surface area (Å²) in [6.45, 7) is 1.37. The Hall–Kier alpha value is -3.95. The summed E-state index contributed by atoms with van der Waals surface area (Å²) in [5.41, 5.74) is 5.37. The van der Waals surface area contributed by atoms with E-state index >= 15 is 0 Å². The molecule has 1 heterocycles. The highest BCUT2D eigenvalue weighted by molar-refractivity contribution is 5.91. The number of carbonyl (C=O) groups is 1. The Morgan fingerprint density at radius 3 is 2.50 bits per heavy atom. The summed E-state index contributed by atoms with van der Waals surface area (Å²) in [7, 11) is 1.62. The molecule has 0 radical (unpaired) electrons. The highest BCUT2D eigenvalue weighted by atomic mass is 19.1. The molecule has 4 rings (SSSR count). The number of nitrogens with zero attached hydrogens (tertiary/aromatic N) is 2. The van der Waals surface area contributed by atoms with Crippen molar-refractivity contribution in [1.29, 1.82) is 5.26 Å². The number of halogens is 1. The molecule has 3 aromatic carbocycles. The SMILES string of the molecule is COCCN(Cc1ccc(C#N)cc1)C(=O)CCc1c(-c2ccc(F)cc2)[nH]c2ccccc12. The molecule has 1 N–H and O–H groups in total. The van der Waals surface area contributed by atoms with Crippen LogP contribution >= 0.6 is 0 Å². The van der Waals surface area contributed by atoms with Crippen LogP contribution in [-0.2, 0) is 22.5 Å². The number of ether oxygens (including phenoxy) is 1. The van der Waals surface area contributed by atoms with Crippen LogP contribution in [0.5, 0.6) is 0 Å². The van der Waals surface area contributed by atoms with E-state index in [9.17, 15) is 9.18 Å². The van der Waals surface area contributed by atoms with Crippen molar-refractivity contribution in [1.82, 2.24) is 9.88 Å². The minimum atomic E-state index is -0.284. The summed E-state index contributed by atoms with van der Waals surface area (Å²) < 4.78 is 18.7. The summed E-state index contributed by atoms with van der Waals surface area (Å²) in [4.78, 5) is 18.5. The van der Waals surface area contributed by atoms with Crippen molar-refractivity contribution in [2.24, 2.45) is 0 Å². The molecular formula is C28H26FN3O2. The van der Waals surface area contributed by atoms with Gasteiger partial charge >= 0.3 is 0 Å². The van der Waals surface area contributed by atoms with E-state index in [1.807, 2.05) is 36.4 Å². The first kappa shape index (κ1) is 23.2. The molecule has 1 amide bonds. The number of nitrogens with one attached hydrogen (secondary N) is 1. The average molecular weight is 456 g/mol. The highest BCUT2D eigenvalue weighted by Gasteiger charge is 2.18. The number of amides is 1. The Morgan fingerprint density at radius 2 is 1.79 bits per heavy atom. The molecule has 0 spiro atoms. The van der Waals surface area contributed by atoms with Crippen molar-refractivity contribution in [3.63, 3.8) is 0 Å². The highest BCUT2D eigenvalue weighted by Crippen LogP contribution is 2.31. The summed E-state index contributed by atoms with van der Waals surface area (Å²) in [6.07, 6.45) is 0.877. The van der Waals surface area contributed by atoms with Crippen LogP contribution in [0.1, 0.15) is 23.1 Å². The molecular weight excluding hydrogens is 429 g/mol. The number of carbonyl (C=O) groups excluding carboxylic acids is 1. The van der Waals surface area contributed by atoms with Crippen molar-refractivity contribution in [3.8, 4) is 17.3 Å². The molecule has 0 saturated carbocycles. The summed E-state index contributed by atoms with van der Waals surface area (Å²) in [5.74, 6) is -0.259. The van der Waals surface area contributed by atoms with Gasteiger partial charge in [0, 0.05) is 43.2 Å². The molecule has 0 aliphatic rings. The molecule has 0 saturated heterocycles. The number of nitriles is 1. The van der Waals surface area contributed by atoms with Gasteiger partial charge in [0.05, 0.1) is 18.2 Å². The second kappa shape index (κ2) is 10.8. The van der Waals surface area contributed by atoms with Crippen molar-refractivity contribution in [2.45, 2.75) is 19.4 Å². The monoisotopic (exact) mass is 455 g/mol. The average Bonchev–Trinajstić information content (AvgIpc) is 3.24. The fraction of sp³-hybridized carbons (Fsp3) is 0.214. The molecule has 34 heavy (non-hydrogen) atoms. The van der Waals surface area contributed by atoms with Crippen LogP contribution in [0.3, 0.4) is 0 Å². The van der Waals surface area contributed by atoms with Crippen LogP contribution < -0.4 is 0 Å². The van der Waals surface area contributed by atoms with Crippen molar-refractivity contribution < 1.29 is 13.9 Å². The van der Waals surface area contributed by atoms with Crippen LogP contribution in [-0.4, -0.2) is 36.1 Å². The van der Waals surface area contributed by atoms with Crippen LogP contribution in [0.15, 0.2) is 72.8 Å². The van der Waals surface area contributed by atoms with E-state index in [1.165, 1.54) is 12.1 Å². The lowest BCUT2D eigenvalue weighted by Gasteiger charge is -2.23. The maximum Gasteiger partial charge on any atom is 0.223 e. The van der Waals surface area contributed by atoms with Crippen molar-refractivity contribution in [3.05, 3.63) is 95.3 Å². The van der Waals surface area contributed by atoms with Gasteiger partial charge in [-0.2, -0.15) is 5.26 Å². The third-order valence-corrected chi connectivity index (χ3v) is 5.91. The van der Waals surface area contributed by atoms with Crippen molar-refractivity contribution >= 4 is 16.8 Å². The van der Waals surface area contributed by atoms with Gasteiger partial charge in [-0.3, -0.25) is 4.79 Å². The first-order valence-electron chi connectivity index (χ1n) is 11.2. The standard InChI is InChI=1S/C28H26FN3O2/c1-34-17-16-32(19-21-8-6-20(18-30)7-9-21)27(33)15-14-25-24-4-2-3-5-26(24)31-28(25)22-10-12-23(29)13-11-22/h2-13,31H,14-17,19H2,1H3. The number of aryl methyl sites for hydroxylation is 1. The largest absolute Gasteiger partial charge is 0.383 e. The summed E-state index contributed by atoms with van der Waals surface area (Å²) >= 11 is 0.